The summed E-state index contributed by atoms with van der Waals surface area (Å²) in [5.74, 6) is 0.739. The Bertz CT molecular complexity index is 547. The van der Waals surface area contributed by atoms with Gasteiger partial charge in [-0.3, -0.25) is 0 Å². The summed E-state index contributed by atoms with van der Waals surface area (Å²) in [6.07, 6.45) is 0. The summed E-state index contributed by atoms with van der Waals surface area (Å²) in [5, 5.41) is 17.3. The van der Waals surface area contributed by atoms with Gasteiger partial charge in [0.2, 0.25) is 0 Å². The zero-order valence-corrected chi connectivity index (χ0v) is 8.64. The summed E-state index contributed by atoms with van der Waals surface area (Å²) in [6, 6.07) is 7.11. The fourth-order valence-electron chi connectivity index (χ4n) is 2.03. The van der Waals surface area contributed by atoms with Crippen LogP contribution in [0.4, 0.5) is 5.82 Å². The van der Waals surface area contributed by atoms with Crippen LogP contribution in [0.1, 0.15) is 11.3 Å². The maximum absolute atomic E-state index is 9.78. The number of aromatic nitrogens is 2. The number of phenols is 1. The summed E-state index contributed by atoms with van der Waals surface area (Å²) in [7, 11) is 0. The highest BCUT2D eigenvalue weighted by Crippen LogP contribution is 2.28. The molecule has 0 saturated carbocycles. The number of nitrogens with zero attached hydrogens (tertiary/aromatic N) is 2. The van der Waals surface area contributed by atoms with Crippen LogP contribution in [0.5, 0.6) is 5.75 Å². The minimum Gasteiger partial charge on any atom is -0.506 e. The van der Waals surface area contributed by atoms with Gasteiger partial charge in [-0.25, -0.2) is 4.68 Å². The first-order valence-electron chi connectivity index (χ1n) is 5.12. The van der Waals surface area contributed by atoms with Crippen LogP contribution >= 0.6 is 0 Å². The van der Waals surface area contributed by atoms with Gasteiger partial charge in [-0.1, -0.05) is 12.1 Å². The van der Waals surface area contributed by atoms with E-state index in [9.17, 15) is 5.11 Å². The molecule has 82 valence electrons. The summed E-state index contributed by atoms with van der Waals surface area (Å²) < 4.78 is 1.71. The molecule has 0 fully saturated rings. The Hall–Kier alpha value is -2.01. The first kappa shape index (κ1) is 9.23. The second kappa shape index (κ2) is 3.24. The highest BCUT2D eigenvalue weighted by molar-refractivity contribution is 5.52. The Balaban J connectivity index is 2.21. The van der Waals surface area contributed by atoms with E-state index in [-0.39, 0.29) is 5.75 Å². The third-order valence-electron chi connectivity index (χ3n) is 2.83. The highest BCUT2D eigenvalue weighted by Gasteiger charge is 2.22. The number of fused-ring (bicyclic) bond motifs is 1. The standard InChI is InChI=1S/C11H12N4O/c12-11-7-5-13-6-9(7)15(14-11)8-3-1-2-4-10(8)16/h1-4,13,16H,5-6H2,(H2,12,14). The molecule has 2 aromatic rings. The number of rotatable bonds is 1. The topological polar surface area (TPSA) is 76.1 Å². The SMILES string of the molecule is Nc1nn(-c2ccccc2O)c2c1CNC2. The molecule has 2 heterocycles. The average Bonchev–Trinajstić information content (AvgIpc) is 2.84. The lowest BCUT2D eigenvalue weighted by molar-refractivity contribution is 0.469. The van der Waals surface area contributed by atoms with Crippen molar-refractivity contribution in [2.45, 2.75) is 13.1 Å². The van der Waals surface area contributed by atoms with Gasteiger partial charge in [0.1, 0.15) is 11.4 Å². The average molecular weight is 216 g/mol. The van der Waals surface area contributed by atoms with Crippen LogP contribution < -0.4 is 11.1 Å². The second-order valence-corrected chi connectivity index (χ2v) is 3.81. The van der Waals surface area contributed by atoms with E-state index in [2.05, 4.69) is 10.4 Å². The highest BCUT2D eigenvalue weighted by atomic mass is 16.3. The Labute approximate surface area is 92.5 Å². The third kappa shape index (κ3) is 1.18. The fourth-order valence-corrected chi connectivity index (χ4v) is 2.03. The number of aromatic hydroxyl groups is 1. The van der Waals surface area contributed by atoms with Crippen LogP contribution in [0.15, 0.2) is 24.3 Å². The molecular formula is C11H12N4O. The van der Waals surface area contributed by atoms with Gasteiger partial charge in [-0.15, -0.1) is 5.10 Å². The van der Waals surface area contributed by atoms with E-state index < -0.39 is 0 Å². The maximum atomic E-state index is 9.78. The monoisotopic (exact) mass is 216 g/mol. The number of nitrogens with two attached hydrogens (primary N) is 1. The van der Waals surface area contributed by atoms with Crippen molar-refractivity contribution in [2.24, 2.45) is 0 Å². The van der Waals surface area contributed by atoms with E-state index in [0.717, 1.165) is 24.3 Å². The summed E-state index contributed by atoms with van der Waals surface area (Å²) in [4.78, 5) is 0. The van der Waals surface area contributed by atoms with Crippen molar-refractivity contribution in [1.82, 2.24) is 15.1 Å². The lowest BCUT2D eigenvalue weighted by atomic mass is 10.2. The molecule has 0 spiro atoms. The first-order valence-corrected chi connectivity index (χ1v) is 5.12. The van der Waals surface area contributed by atoms with Crippen LogP contribution in [-0.2, 0) is 13.1 Å². The Morgan fingerprint density at radius 2 is 2.12 bits per heavy atom. The number of hydrogen-bond acceptors (Lipinski definition) is 4. The number of benzene rings is 1. The summed E-state index contributed by atoms with van der Waals surface area (Å²) >= 11 is 0. The van der Waals surface area contributed by atoms with E-state index in [1.54, 1.807) is 16.8 Å². The predicted octanol–water partition coefficient (Wildman–Crippen LogP) is 0.763. The predicted molar refractivity (Wildman–Crippen MR) is 60.2 cm³/mol. The van der Waals surface area contributed by atoms with Gasteiger partial charge in [0, 0.05) is 18.7 Å². The van der Waals surface area contributed by atoms with E-state index in [0.29, 0.717) is 11.5 Å². The van der Waals surface area contributed by atoms with Gasteiger partial charge < -0.3 is 16.2 Å². The van der Waals surface area contributed by atoms with Gasteiger partial charge >= 0.3 is 0 Å². The van der Waals surface area contributed by atoms with Crippen molar-refractivity contribution in [3.63, 3.8) is 0 Å². The molecule has 0 radical (unpaired) electrons. The van der Waals surface area contributed by atoms with E-state index in [1.165, 1.54) is 0 Å². The normalized spacial score (nSPS) is 14.0. The van der Waals surface area contributed by atoms with Crippen molar-refractivity contribution in [1.29, 1.82) is 0 Å². The molecule has 16 heavy (non-hydrogen) atoms. The minimum atomic E-state index is 0.208. The third-order valence-corrected chi connectivity index (χ3v) is 2.83. The molecule has 3 rings (SSSR count). The number of anilines is 1. The van der Waals surface area contributed by atoms with Crippen LogP contribution in [0.25, 0.3) is 5.69 Å². The van der Waals surface area contributed by atoms with Gasteiger partial charge in [-0.2, -0.15) is 0 Å². The smallest absolute Gasteiger partial charge is 0.150 e. The van der Waals surface area contributed by atoms with Crippen molar-refractivity contribution < 1.29 is 5.11 Å². The minimum absolute atomic E-state index is 0.208. The van der Waals surface area contributed by atoms with Crippen LogP contribution in [0, 0.1) is 0 Å². The molecule has 0 atom stereocenters. The summed E-state index contributed by atoms with van der Waals surface area (Å²) in [6.45, 7) is 1.47. The molecule has 0 saturated heterocycles. The van der Waals surface area contributed by atoms with Gasteiger partial charge in [-0.05, 0) is 12.1 Å². The molecule has 1 aromatic heterocycles. The second-order valence-electron chi connectivity index (χ2n) is 3.81. The molecule has 4 N–H and O–H groups in total. The van der Waals surface area contributed by atoms with Gasteiger partial charge in [0.05, 0.1) is 5.69 Å². The van der Waals surface area contributed by atoms with Crippen molar-refractivity contribution in [3.8, 4) is 11.4 Å². The van der Waals surface area contributed by atoms with E-state index in [4.69, 9.17) is 5.73 Å². The van der Waals surface area contributed by atoms with Gasteiger partial charge in [0.25, 0.3) is 0 Å². The lowest BCUT2D eigenvalue weighted by Crippen LogP contribution is -2.08. The number of para-hydroxylation sites is 2. The Morgan fingerprint density at radius 1 is 1.31 bits per heavy atom. The van der Waals surface area contributed by atoms with Crippen molar-refractivity contribution in [3.05, 3.63) is 35.5 Å². The number of nitrogens with one attached hydrogen (secondary N) is 1. The van der Waals surface area contributed by atoms with Gasteiger partial charge in [0.15, 0.2) is 5.82 Å². The number of phenolic OH excluding ortho intramolecular Hbond substituents is 1. The maximum Gasteiger partial charge on any atom is 0.150 e. The molecule has 0 amide bonds. The molecule has 0 bridgehead atoms. The number of hydrogen-bond donors (Lipinski definition) is 3. The van der Waals surface area contributed by atoms with Crippen LogP contribution in [-0.4, -0.2) is 14.9 Å². The zero-order valence-electron chi connectivity index (χ0n) is 8.64. The van der Waals surface area contributed by atoms with E-state index in [1.807, 2.05) is 12.1 Å². The van der Waals surface area contributed by atoms with Crippen LogP contribution in [0.3, 0.4) is 0 Å². The molecular weight excluding hydrogens is 204 g/mol. The Morgan fingerprint density at radius 3 is 2.94 bits per heavy atom. The molecule has 5 nitrogen and oxygen atoms in total. The fraction of sp³-hybridized carbons (Fsp3) is 0.182. The molecule has 1 aliphatic rings. The molecule has 1 aliphatic heterocycles. The van der Waals surface area contributed by atoms with Crippen molar-refractivity contribution in [2.75, 3.05) is 5.73 Å². The van der Waals surface area contributed by atoms with Crippen molar-refractivity contribution >= 4 is 5.82 Å². The largest absolute Gasteiger partial charge is 0.506 e. The molecule has 5 heteroatoms. The quantitative estimate of drug-likeness (QED) is 0.658. The number of nitrogen functional groups attached to an aromatic ring is 1. The first-order chi connectivity index (χ1) is 7.77. The Kier molecular flexibility index (Phi) is 1.87. The molecule has 1 aromatic carbocycles. The van der Waals surface area contributed by atoms with Crippen LogP contribution in [0.2, 0.25) is 0 Å². The summed E-state index contributed by atoms with van der Waals surface area (Å²) in [5.41, 5.74) is 8.55. The van der Waals surface area contributed by atoms with E-state index >= 15 is 0 Å². The zero-order chi connectivity index (χ0) is 11.1. The molecule has 0 unspecified atom stereocenters. The lowest BCUT2D eigenvalue weighted by Gasteiger charge is -2.06. The molecule has 0 aliphatic carbocycles.